The van der Waals surface area contributed by atoms with Crippen LogP contribution in [-0.2, 0) is 6.42 Å². The van der Waals surface area contributed by atoms with E-state index in [1.165, 1.54) is 14.0 Å². The predicted molar refractivity (Wildman–Crippen MR) is 75.8 cm³/mol. The summed E-state index contributed by atoms with van der Waals surface area (Å²) in [6, 6.07) is 12.5. The Bertz CT molecular complexity index is 424. The van der Waals surface area contributed by atoms with Crippen molar-refractivity contribution in [2.75, 3.05) is 0 Å². The van der Waals surface area contributed by atoms with Crippen molar-refractivity contribution >= 4 is 45.5 Å². The van der Waals surface area contributed by atoms with Gasteiger partial charge in [0.2, 0.25) is 0 Å². The summed E-state index contributed by atoms with van der Waals surface area (Å²) in [6.07, 6.45) is 0.898. The fourth-order valence-corrected chi connectivity index (χ4v) is 3.23. The van der Waals surface area contributed by atoms with Gasteiger partial charge in [-0.25, -0.2) is 0 Å². The summed E-state index contributed by atoms with van der Waals surface area (Å²) in [5.74, 6) is 0. The molecule has 0 saturated heterocycles. The number of rotatable bonds is 3. The van der Waals surface area contributed by atoms with Gasteiger partial charge in [-0.05, 0) is 51.6 Å². The Morgan fingerprint density at radius 2 is 2.00 bits per heavy atom. The Labute approximate surface area is 112 Å². The van der Waals surface area contributed by atoms with Gasteiger partial charge in [-0.2, -0.15) is 0 Å². The van der Waals surface area contributed by atoms with Gasteiger partial charge in [0.05, 0.1) is 8.26 Å². The molecule has 0 saturated carbocycles. The lowest BCUT2D eigenvalue weighted by molar-refractivity contribution is 0.925. The molecule has 0 nitrogen and oxygen atoms in total. The molecule has 1 heterocycles. The van der Waals surface area contributed by atoms with E-state index in [0.717, 1.165) is 6.42 Å². The summed E-state index contributed by atoms with van der Waals surface area (Å²) in [6.45, 7) is 0. The van der Waals surface area contributed by atoms with Crippen molar-refractivity contribution in [3.05, 3.63) is 55.8 Å². The van der Waals surface area contributed by atoms with E-state index >= 15 is 0 Å². The molecule has 1 unspecified atom stereocenters. The quantitative estimate of drug-likeness (QED) is 0.548. The fourth-order valence-electron chi connectivity index (χ4n) is 1.43. The minimum atomic E-state index is 0.0900. The van der Waals surface area contributed by atoms with Crippen molar-refractivity contribution in [3.8, 4) is 0 Å². The molecule has 3 heteroatoms. The van der Waals surface area contributed by atoms with E-state index in [1.807, 2.05) is 6.07 Å². The monoisotopic (exact) mass is 348 g/mol. The molecule has 0 aliphatic rings. The van der Waals surface area contributed by atoms with Gasteiger partial charge in [-0.3, -0.25) is 0 Å². The number of hydrogen-bond acceptors (Lipinski definition) is 1. The first kappa shape index (κ1) is 11.4. The molecule has 0 spiro atoms. The molecule has 1 aromatic heterocycles. The van der Waals surface area contributed by atoms with Crippen LogP contribution in [0.15, 0.2) is 41.8 Å². The van der Waals surface area contributed by atoms with Crippen molar-refractivity contribution in [2.24, 2.45) is 0 Å². The molecule has 15 heavy (non-hydrogen) atoms. The van der Waals surface area contributed by atoms with Gasteiger partial charge >= 0.3 is 0 Å². The van der Waals surface area contributed by atoms with Crippen LogP contribution in [0.2, 0.25) is 0 Å². The molecule has 1 atom stereocenters. The Kier molecular flexibility index (Phi) is 4.05. The lowest BCUT2D eigenvalue weighted by Gasteiger charge is -2.06. The van der Waals surface area contributed by atoms with E-state index in [9.17, 15) is 0 Å². The molecule has 2 aromatic rings. The zero-order valence-electron chi connectivity index (χ0n) is 7.99. The Morgan fingerprint density at radius 1 is 1.27 bits per heavy atom. The van der Waals surface area contributed by atoms with Crippen LogP contribution in [0, 0.1) is 2.88 Å². The maximum atomic E-state index is 6.36. The lowest BCUT2D eigenvalue weighted by atomic mass is 10.1. The lowest BCUT2D eigenvalue weighted by Crippen LogP contribution is -1.93. The van der Waals surface area contributed by atoms with Crippen LogP contribution in [0.4, 0.5) is 0 Å². The molecule has 0 N–H and O–H groups in total. The maximum Gasteiger partial charge on any atom is 0.0656 e. The largest absolute Gasteiger partial charge is 0.137 e. The molecule has 0 radical (unpaired) electrons. The topological polar surface area (TPSA) is 0 Å². The molecule has 2 rings (SSSR count). The molecule has 0 bridgehead atoms. The molecular weight excluding hydrogens is 339 g/mol. The average molecular weight is 349 g/mol. The van der Waals surface area contributed by atoms with Crippen LogP contribution in [0.5, 0.6) is 0 Å². The zero-order valence-corrected chi connectivity index (χ0v) is 11.7. The van der Waals surface area contributed by atoms with Gasteiger partial charge in [-0.15, -0.1) is 22.9 Å². The first-order chi connectivity index (χ1) is 7.25. The van der Waals surface area contributed by atoms with Crippen LogP contribution >= 0.6 is 45.5 Å². The van der Waals surface area contributed by atoms with Crippen molar-refractivity contribution in [1.82, 2.24) is 0 Å². The highest BCUT2D eigenvalue weighted by molar-refractivity contribution is 14.1. The van der Waals surface area contributed by atoms with Crippen molar-refractivity contribution in [2.45, 2.75) is 11.8 Å². The minimum Gasteiger partial charge on any atom is -0.137 e. The second-order valence-corrected chi connectivity index (χ2v) is 6.67. The zero-order chi connectivity index (χ0) is 10.7. The van der Waals surface area contributed by atoms with E-state index in [0.29, 0.717) is 0 Å². The number of thiophene rings is 1. The van der Waals surface area contributed by atoms with Crippen molar-refractivity contribution < 1.29 is 0 Å². The second kappa shape index (κ2) is 5.32. The standard InChI is InChI=1S/C12H10ClIS/c13-11(10-7-12(14)15-8-10)6-9-4-2-1-3-5-9/h1-5,7-8,11H,6H2. The highest BCUT2D eigenvalue weighted by atomic mass is 127. The maximum absolute atomic E-state index is 6.36. The molecule has 78 valence electrons. The smallest absolute Gasteiger partial charge is 0.0656 e. The first-order valence-corrected chi connectivity index (χ1v) is 7.07. The summed E-state index contributed by atoms with van der Waals surface area (Å²) < 4.78 is 1.29. The molecular formula is C12H10ClIS. The van der Waals surface area contributed by atoms with Gasteiger partial charge in [0, 0.05) is 0 Å². The van der Waals surface area contributed by atoms with Crippen LogP contribution < -0.4 is 0 Å². The van der Waals surface area contributed by atoms with Gasteiger partial charge < -0.3 is 0 Å². The summed E-state index contributed by atoms with van der Waals surface area (Å²) in [5.41, 5.74) is 2.52. The Morgan fingerprint density at radius 3 is 2.60 bits per heavy atom. The van der Waals surface area contributed by atoms with E-state index in [-0.39, 0.29) is 5.38 Å². The molecule has 0 amide bonds. The van der Waals surface area contributed by atoms with Crippen LogP contribution in [-0.4, -0.2) is 0 Å². The third-order valence-corrected chi connectivity index (χ3v) is 4.42. The highest BCUT2D eigenvalue weighted by Crippen LogP contribution is 2.29. The highest BCUT2D eigenvalue weighted by Gasteiger charge is 2.10. The van der Waals surface area contributed by atoms with Crippen molar-refractivity contribution in [3.63, 3.8) is 0 Å². The number of alkyl halides is 1. The average Bonchev–Trinajstić information content (AvgIpc) is 2.66. The van der Waals surface area contributed by atoms with Crippen LogP contribution in [0.25, 0.3) is 0 Å². The predicted octanol–water partition coefficient (Wildman–Crippen LogP) is 4.88. The van der Waals surface area contributed by atoms with E-state index in [4.69, 9.17) is 11.6 Å². The summed E-state index contributed by atoms with van der Waals surface area (Å²) in [7, 11) is 0. The van der Waals surface area contributed by atoms with Gasteiger partial charge in [-0.1, -0.05) is 30.3 Å². The van der Waals surface area contributed by atoms with Gasteiger partial charge in [0.1, 0.15) is 0 Å². The fraction of sp³-hybridized carbons (Fsp3) is 0.167. The van der Waals surface area contributed by atoms with Crippen LogP contribution in [0.1, 0.15) is 16.5 Å². The van der Waals surface area contributed by atoms with Crippen LogP contribution in [0.3, 0.4) is 0 Å². The summed E-state index contributed by atoms with van der Waals surface area (Å²) in [4.78, 5) is 0. The first-order valence-electron chi connectivity index (χ1n) is 4.67. The van der Waals surface area contributed by atoms with Crippen molar-refractivity contribution in [1.29, 1.82) is 0 Å². The summed E-state index contributed by atoms with van der Waals surface area (Å²) in [5, 5.41) is 2.23. The Balaban J connectivity index is 2.07. The van der Waals surface area contributed by atoms with Gasteiger partial charge in [0.25, 0.3) is 0 Å². The molecule has 1 aromatic carbocycles. The van der Waals surface area contributed by atoms with E-state index < -0.39 is 0 Å². The molecule has 0 aliphatic heterocycles. The van der Waals surface area contributed by atoms with E-state index in [2.05, 4.69) is 58.3 Å². The third kappa shape index (κ3) is 3.20. The SMILES string of the molecule is ClC(Cc1ccccc1)c1csc(I)c1. The minimum absolute atomic E-state index is 0.0900. The second-order valence-electron chi connectivity index (χ2n) is 3.34. The normalized spacial score (nSPS) is 12.7. The number of halogens is 2. The summed E-state index contributed by atoms with van der Waals surface area (Å²) >= 11 is 10.4. The Hall–Kier alpha value is -0.0600. The van der Waals surface area contributed by atoms with E-state index in [1.54, 1.807) is 11.3 Å². The van der Waals surface area contributed by atoms with Gasteiger partial charge in [0.15, 0.2) is 0 Å². The third-order valence-electron chi connectivity index (χ3n) is 2.21. The molecule has 0 aliphatic carbocycles. The molecule has 0 fully saturated rings. The number of hydrogen-bond donors (Lipinski definition) is 0. The number of benzene rings is 1.